The Morgan fingerprint density at radius 1 is 1.19 bits per heavy atom. The van der Waals surface area contributed by atoms with Crippen LogP contribution in [0, 0.1) is 13.8 Å². The van der Waals surface area contributed by atoms with Gasteiger partial charge in [0.1, 0.15) is 0 Å². The Bertz CT molecular complexity index is 1030. The first-order valence-corrected chi connectivity index (χ1v) is 8.89. The number of benzene rings is 2. The number of carbonyl (C=O) groups is 1. The topological polar surface area (TPSA) is 65.4 Å². The summed E-state index contributed by atoms with van der Waals surface area (Å²) in [6.07, 6.45) is 0. The number of hydrogen-bond acceptors (Lipinski definition) is 4. The van der Waals surface area contributed by atoms with Gasteiger partial charge in [0.15, 0.2) is 11.5 Å². The highest BCUT2D eigenvalue weighted by molar-refractivity contribution is 6.31. The normalized spacial score (nSPS) is 12.3. The molecule has 7 heteroatoms. The minimum absolute atomic E-state index is 0.174. The van der Waals surface area contributed by atoms with E-state index in [1.807, 2.05) is 42.8 Å². The molecule has 2 heterocycles. The molecule has 27 heavy (non-hydrogen) atoms. The first-order chi connectivity index (χ1) is 13.0. The molecule has 0 aliphatic carbocycles. The maximum Gasteiger partial charge on any atom is 0.255 e. The Balaban J connectivity index is 1.56. The molecule has 0 fully saturated rings. The molecule has 1 aliphatic rings. The van der Waals surface area contributed by atoms with Gasteiger partial charge in [-0.1, -0.05) is 29.8 Å². The van der Waals surface area contributed by atoms with Gasteiger partial charge in [0, 0.05) is 10.6 Å². The van der Waals surface area contributed by atoms with Crippen LogP contribution in [0.25, 0.3) is 0 Å². The maximum absolute atomic E-state index is 12.7. The highest BCUT2D eigenvalue weighted by atomic mass is 35.5. The third-order valence-electron chi connectivity index (χ3n) is 4.53. The molecule has 1 aromatic heterocycles. The lowest BCUT2D eigenvalue weighted by atomic mass is 10.2. The van der Waals surface area contributed by atoms with Crippen molar-refractivity contribution in [2.45, 2.75) is 20.4 Å². The van der Waals surface area contributed by atoms with Crippen molar-refractivity contribution in [2.75, 3.05) is 12.1 Å². The minimum atomic E-state index is -0.225. The van der Waals surface area contributed by atoms with Crippen LogP contribution in [0.1, 0.15) is 27.3 Å². The van der Waals surface area contributed by atoms with Gasteiger partial charge in [0.05, 0.1) is 23.6 Å². The average Bonchev–Trinajstić information content (AvgIpc) is 3.23. The van der Waals surface area contributed by atoms with E-state index in [1.165, 1.54) is 0 Å². The lowest BCUT2D eigenvalue weighted by Crippen LogP contribution is -2.13. The van der Waals surface area contributed by atoms with Crippen molar-refractivity contribution in [1.82, 2.24) is 9.78 Å². The Kier molecular flexibility index (Phi) is 4.49. The third-order valence-corrected chi connectivity index (χ3v) is 4.90. The molecule has 0 atom stereocenters. The van der Waals surface area contributed by atoms with Gasteiger partial charge in [-0.2, -0.15) is 5.10 Å². The van der Waals surface area contributed by atoms with E-state index in [4.69, 9.17) is 21.1 Å². The third kappa shape index (κ3) is 3.36. The molecule has 0 bridgehead atoms. The summed E-state index contributed by atoms with van der Waals surface area (Å²) >= 11 is 6.25. The second-order valence-corrected chi connectivity index (χ2v) is 6.72. The summed E-state index contributed by atoms with van der Waals surface area (Å²) in [5, 5.41) is 8.20. The number of amides is 1. The van der Waals surface area contributed by atoms with E-state index >= 15 is 0 Å². The molecule has 0 spiro atoms. The number of anilines is 1. The summed E-state index contributed by atoms with van der Waals surface area (Å²) < 4.78 is 12.5. The number of hydrogen-bond donors (Lipinski definition) is 1. The van der Waals surface area contributed by atoms with Crippen LogP contribution in [-0.2, 0) is 6.54 Å². The van der Waals surface area contributed by atoms with Gasteiger partial charge < -0.3 is 14.8 Å². The number of fused-ring (bicyclic) bond motifs is 1. The molecule has 6 nitrogen and oxygen atoms in total. The van der Waals surface area contributed by atoms with Gasteiger partial charge in [0.2, 0.25) is 6.79 Å². The minimum Gasteiger partial charge on any atom is -0.454 e. The number of aryl methyl sites for hydroxylation is 1. The van der Waals surface area contributed by atoms with E-state index in [-0.39, 0.29) is 12.7 Å². The van der Waals surface area contributed by atoms with E-state index in [1.54, 1.807) is 18.2 Å². The molecule has 1 N–H and O–H groups in total. The van der Waals surface area contributed by atoms with Crippen molar-refractivity contribution in [3.63, 3.8) is 0 Å². The molecule has 138 valence electrons. The Morgan fingerprint density at radius 2 is 1.96 bits per heavy atom. The monoisotopic (exact) mass is 383 g/mol. The van der Waals surface area contributed by atoms with Gasteiger partial charge in [-0.05, 0) is 43.7 Å². The summed E-state index contributed by atoms with van der Waals surface area (Å²) in [5.74, 6) is 0.994. The second-order valence-electron chi connectivity index (χ2n) is 6.32. The van der Waals surface area contributed by atoms with Gasteiger partial charge in [0.25, 0.3) is 5.91 Å². The number of aromatic nitrogens is 2. The Labute approximate surface area is 161 Å². The van der Waals surface area contributed by atoms with Gasteiger partial charge in [-0.15, -0.1) is 0 Å². The van der Waals surface area contributed by atoms with Crippen LogP contribution in [0.2, 0.25) is 5.02 Å². The Hall–Kier alpha value is -2.99. The maximum atomic E-state index is 12.7. The molecule has 1 aliphatic heterocycles. The SMILES string of the molecule is Cc1nn(Cc2ccccc2Cl)c(C)c1NC(=O)c1ccc2c(c1)OCO2. The zero-order valence-corrected chi connectivity index (χ0v) is 15.7. The number of halogens is 1. The van der Waals surface area contributed by atoms with Crippen LogP contribution in [0.4, 0.5) is 5.69 Å². The fourth-order valence-corrected chi connectivity index (χ4v) is 3.24. The molecular formula is C20H18ClN3O3. The number of ether oxygens (including phenoxy) is 2. The van der Waals surface area contributed by atoms with E-state index < -0.39 is 0 Å². The summed E-state index contributed by atoms with van der Waals surface area (Å²) in [7, 11) is 0. The highest BCUT2D eigenvalue weighted by Crippen LogP contribution is 2.33. The summed E-state index contributed by atoms with van der Waals surface area (Å²) in [6, 6.07) is 12.8. The molecular weight excluding hydrogens is 366 g/mol. The second kappa shape index (κ2) is 6.96. The smallest absolute Gasteiger partial charge is 0.255 e. The van der Waals surface area contributed by atoms with Crippen molar-refractivity contribution < 1.29 is 14.3 Å². The number of rotatable bonds is 4. The number of carbonyl (C=O) groups excluding carboxylic acids is 1. The summed E-state index contributed by atoms with van der Waals surface area (Å²) in [4.78, 5) is 12.7. The lowest BCUT2D eigenvalue weighted by Gasteiger charge is -2.09. The largest absolute Gasteiger partial charge is 0.454 e. The zero-order valence-electron chi connectivity index (χ0n) is 15.0. The first kappa shape index (κ1) is 17.4. The molecule has 0 unspecified atom stereocenters. The molecule has 0 saturated carbocycles. The van der Waals surface area contributed by atoms with Crippen molar-refractivity contribution in [2.24, 2.45) is 0 Å². The number of nitrogens with one attached hydrogen (secondary N) is 1. The van der Waals surface area contributed by atoms with Crippen molar-refractivity contribution in [3.05, 3.63) is 70.0 Å². The first-order valence-electron chi connectivity index (χ1n) is 8.51. The van der Waals surface area contributed by atoms with Gasteiger partial charge in [-0.3, -0.25) is 9.48 Å². The van der Waals surface area contributed by atoms with Gasteiger partial charge in [-0.25, -0.2) is 0 Å². The summed E-state index contributed by atoms with van der Waals surface area (Å²) in [5.41, 5.74) is 3.77. The number of nitrogens with zero attached hydrogens (tertiary/aromatic N) is 2. The molecule has 3 aromatic rings. The fourth-order valence-electron chi connectivity index (χ4n) is 3.04. The summed E-state index contributed by atoms with van der Waals surface area (Å²) in [6.45, 7) is 4.50. The van der Waals surface area contributed by atoms with E-state index in [0.29, 0.717) is 34.3 Å². The molecule has 0 radical (unpaired) electrons. The molecule has 1 amide bonds. The van der Waals surface area contributed by atoms with Crippen molar-refractivity contribution in [3.8, 4) is 11.5 Å². The predicted molar refractivity (Wildman–Crippen MR) is 103 cm³/mol. The van der Waals surface area contributed by atoms with E-state index in [0.717, 1.165) is 17.0 Å². The standard InChI is InChI=1S/C20H18ClN3O3/c1-12-19(13(2)24(23-12)10-15-5-3-4-6-16(15)21)22-20(25)14-7-8-17-18(9-14)27-11-26-17/h3-9H,10-11H2,1-2H3,(H,22,25). The van der Waals surface area contributed by atoms with Crippen molar-refractivity contribution >= 4 is 23.2 Å². The van der Waals surface area contributed by atoms with Crippen LogP contribution < -0.4 is 14.8 Å². The van der Waals surface area contributed by atoms with Crippen LogP contribution in [-0.4, -0.2) is 22.5 Å². The molecule has 0 saturated heterocycles. The van der Waals surface area contributed by atoms with Crippen LogP contribution in [0.15, 0.2) is 42.5 Å². The quantitative estimate of drug-likeness (QED) is 0.733. The van der Waals surface area contributed by atoms with E-state index in [9.17, 15) is 4.79 Å². The van der Waals surface area contributed by atoms with Crippen molar-refractivity contribution in [1.29, 1.82) is 0 Å². The van der Waals surface area contributed by atoms with Gasteiger partial charge >= 0.3 is 0 Å². The molecule has 2 aromatic carbocycles. The van der Waals surface area contributed by atoms with Crippen LogP contribution in [0.5, 0.6) is 11.5 Å². The highest BCUT2D eigenvalue weighted by Gasteiger charge is 2.19. The molecule has 4 rings (SSSR count). The van der Waals surface area contributed by atoms with Crippen LogP contribution in [0.3, 0.4) is 0 Å². The Morgan fingerprint density at radius 3 is 2.78 bits per heavy atom. The van der Waals surface area contributed by atoms with E-state index in [2.05, 4.69) is 10.4 Å². The lowest BCUT2D eigenvalue weighted by molar-refractivity contribution is 0.102. The van der Waals surface area contributed by atoms with Crippen LogP contribution >= 0.6 is 11.6 Å². The zero-order chi connectivity index (χ0) is 19.0. The predicted octanol–water partition coefficient (Wildman–Crippen LogP) is 4.18. The fraction of sp³-hybridized carbons (Fsp3) is 0.200. The average molecular weight is 384 g/mol.